The van der Waals surface area contributed by atoms with Crippen molar-refractivity contribution in [1.82, 2.24) is 10.6 Å². The van der Waals surface area contributed by atoms with E-state index < -0.39 is 6.10 Å². The van der Waals surface area contributed by atoms with Crippen molar-refractivity contribution in [3.05, 3.63) is 12.3 Å². The summed E-state index contributed by atoms with van der Waals surface area (Å²) in [6.45, 7) is 20.3. The van der Waals surface area contributed by atoms with Crippen LogP contribution in [0.2, 0.25) is 0 Å². The molecule has 0 saturated heterocycles. The van der Waals surface area contributed by atoms with Crippen molar-refractivity contribution in [2.45, 2.75) is 150 Å². The zero-order valence-electron chi connectivity index (χ0n) is 29.1. The van der Waals surface area contributed by atoms with Crippen LogP contribution in [-0.2, 0) is 4.79 Å². The molecule has 2 aliphatic carbocycles. The lowest BCUT2D eigenvalue weighted by atomic mass is 9.83. The Bertz CT molecular complexity index is 707. The highest BCUT2D eigenvalue weighted by Gasteiger charge is 2.26. The minimum Gasteiger partial charge on any atom is -0.400 e. The summed E-state index contributed by atoms with van der Waals surface area (Å²) in [5, 5.41) is 24.7. The van der Waals surface area contributed by atoms with Gasteiger partial charge in [-0.3, -0.25) is 0 Å². The van der Waals surface area contributed by atoms with Crippen LogP contribution >= 0.6 is 12.6 Å². The smallest absolute Gasteiger partial charge is 0.106 e. The molecule has 0 spiro atoms. The van der Waals surface area contributed by atoms with Crippen molar-refractivity contribution < 1.29 is 15.0 Å². The summed E-state index contributed by atoms with van der Waals surface area (Å²) in [7, 11) is 1.00. The van der Waals surface area contributed by atoms with Crippen molar-refractivity contribution in [3.63, 3.8) is 0 Å². The SMILES string of the molecule is C#CCCC(O)[C@H](CC1CCCCC1)NC(=C)C(CC#C)NC[C@H](C)CS.C=O.CC(C)(C)C.CC1CCCCC1.CO. The predicted octanol–water partition coefficient (Wildman–Crippen LogP) is 7.81. The Hall–Kier alpha value is -1.44. The average molecular weight is 623 g/mol. The number of thiol groups is 1. The maximum absolute atomic E-state index is 10.7. The molecule has 0 radical (unpaired) electrons. The third-order valence-electron chi connectivity index (χ3n) is 7.39. The highest BCUT2D eigenvalue weighted by molar-refractivity contribution is 7.80. The lowest BCUT2D eigenvalue weighted by Gasteiger charge is -2.33. The second kappa shape index (κ2) is 30.6. The van der Waals surface area contributed by atoms with Gasteiger partial charge in [0, 0.05) is 25.6 Å². The summed E-state index contributed by atoms with van der Waals surface area (Å²) in [5.74, 6) is 8.35. The number of hydrogen-bond acceptors (Lipinski definition) is 6. The van der Waals surface area contributed by atoms with Gasteiger partial charge in [0.25, 0.3) is 0 Å². The molecule has 2 saturated carbocycles. The molecule has 2 rings (SSSR count). The predicted molar refractivity (Wildman–Crippen MR) is 192 cm³/mol. The monoisotopic (exact) mass is 623 g/mol. The number of carbonyl (C=O) groups excluding carboxylic acids is 1. The van der Waals surface area contributed by atoms with Crippen LogP contribution in [-0.4, -0.2) is 54.6 Å². The molecular weight excluding hydrogens is 552 g/mol. The van der Waals surface area contributed by atoms with Crippen LogP contribution in [0.3, 0.4) is 0 Å². The minimum absolute atomic E-state index is 0.00831. The van der Waals surface area contributed by atoms with Gasteiger partial charge < -0.3 is 25.6 Å². The quantitative estimate of drug-likeness (QED) is 0.107. The first kappa shape index (κ1) is 46.0. The first-order valence-electron chi connectivity index (χ1n) is 16.5. The molecule has 2 aliphatic rings. The normalized spacial score (nSPS) is 17.9. The summed E-state index contributed by atoms with van der Waals surface area (Å²) < 4.78 is 0. The van der Waals surface area contributed by atoms with Gasteiger partial charge in [0.1, 0.15) is 6.79 Å². The molecule has 5 nitrogen and oxygen atoms in total. The van der Waals surface area contributed by atoms with E-state index in [0.29, 0.717) is 36.5 Å². The number of carbonyl (C=O) groups is 1. The fourth-order valence-corrected chi connectivity index (χ4v) is 5.15. The second-order valence-electron chi connectivity index (χ2n) is 13.7. The Labute approximate surface area is 273 Å². The Balaban J connectivity index is -0.000000814. The van der Waals surface area contributed by atoms with Crippen LogP contribution < -0.4 is 10.6 Å². The van der Waals surface area contributed by atoms with E-state index in [9.17, 15) is 5.11 Å². The van der Waals surface area contributed by atoms with E-state index in [2.05, 4.69) is 83.2 Å². The molecule has 43 heavy (non-hydrogen) atoms. The zero-order chi connectivity index (χ0) is 33.7. The number of terminal acetylenes is 2. The first-order valence-corrected chi connectivity index (χ1v) is 17.1. The number of hydrogen-bond donors (Lipinski definition) is 5. The van der Waals surface area contributed by atoms with Crippen LogP contribution in [0.15, 0.2) is 12.3 Å². The summed E-state index contributed by atoms with van der Waals surface area (Å²) >= 11 is 4.34. The maximum Gasteiger partial charge on any atom is 0.106 e. The summed E-state index contributed by atoms with van der Waals surface area (Å²) in [4.78, 5) is 8.00. The molecule has 2 unspecified atom stereocenters. The highest BCUT2D eigenvalue weighted by atomic mass is 32.1. The van der Waals surface area contributed by atoms with Gasteiger partial charge in [-0.25, -0.2) is 0 Å². The lowest BCUT2D eigenvalue weighted by molar-refractivity contribution is -0.0980. The van der Waals surface area contributed by atoms with Gasteiger partial charge in [-0.05, 0) is 48.3 Å². The van der Waals surface area contributed by atoms with Crippen molar-refractivity contribution in [2.24, 2.45) is 23.2 Å². The van der Waals surface area contributed by atoms with Crippen molar-refractivity contribution in [2.75, 3.05) is 19.4 Å². The molecule has 0 heterocycles. The molecule has 0 amide bonds. The van der Waals surface area contributed by atoms with Crippen molar-refractivity contribution in [3.8, 4) is 24.7 Å². The minimum atomic E-state index is -0.470. The molecule has 2 fully saturated rings. The molecule has 0 aromatic heterocycles. The number of aliphatic hydroxyl groups is 2. The van der Waals surface area contributed by atoms with Gasteiger partial charge >= 0.3 is 0 Å². The first-order chi connectivity index (χ1) is 20.4. The Kier molecular flexibility index (Phi) is 32.7. The highest BCUT2D eigenvalue weighted by Crippen LogP contribution is 2.29. The van der Waals surface area contributed by atoms with Crippen LogP contribution in [0.4, 0.5) is 0 Å². The lowest BCUT2D eigenvalue weighted by Crippen LogP contribution is -2.46. The Morgan fingerprint density at radius 2 is 1.47 bits per heavy atom. The van der Waals surface area contributed by atoms with E-state index in [1.165, 1.54) is 64.2 Å². The van der Waals surface area contributed by atoms with Crippen LogP contribution in [0.25, 0.3) is 0 Å². The second-order valence-corrected chi connectivity index (χ2v) is 14.1. The van der Waals surface area contributed by atoms with Crippen LogP contribution in [0.1, 0.15) is 131 Å². The largest absolute Gasteiger partial charge is 0.400 e. The van der Waals surface area contributed by atoms with E-state index in [4.69, 9.17) is 22.7 Å². The molecule has 0 bridgehead atoms. The molecule has 0 aromatic rings. The topological polar surface area (TPSA) is 81.6 Å². The molecule has 0 aromatic carbocycles. The summed E-state index contributed by atoms with van der Waals surface area (Å²) in [6.07, 6.45) is 27.1. The van der Waals surface area contributed by atoms with E-state index in [1.54, 1.807) is 0 Å². The molecule has 4 N–H and O–H groups in total. The molecule has 252 valence electrons. The van der Waals surface area contributed by atoms with Gasteiger partial charge in [0.2, 0.25) is 0 Å². The van der Waals surface area contributed by atoms with E-state index in [0.717, 1.165) is 37.4 Å². The molecule has 4 atom stereocenters. The fourth-order valence-electron chi connectivity index (χ4n) is 5.02. The standard InChI is InChI=1S/C23H38N2OS.C7H14.C5H12.CH4O.CH2O/c1-5-7-14-23(26)22(15-20-12-9-8-10-13-20)25-19(4)21(11-6-2)24-16-18(3)17-27;1-7-5-3-2-4-6-7;1-5(2,3)4;2*1-2/h1-2,18,20-27H,4,7-17H2,3H3;7H,2-6H2,1H3;1-4H3;2H,1H3;1H2/t18-,21?,22-,23?;;;;/m0..../s1. The van der Waals surface area contributed by atoms with Crippen LogP contribution in [0.5, 0.6) is 0 Å². The van der Waals surface area contributed by atoms with Crippen molar-refractivity contribution in [1.29, 1.82) is 0 Å². The molecular formula is C37H70N2O3S. The molecule has 0 aliphatic heterocycles. The summed E-state index contributed by atoms with van der Waals surface area (Å²) in [5.41, 5.74) is 1.36. The average Bonchev–Trinajstić information content (AvgIpc) is 2.99. The molecule has 6 heteroatoms. The number of nitrogens with one attached hydrogen (secondary N) is 2. The number of rotatable bonds is 13. The van der Waals surface area contributed by atoms with Gasteiger partial charge in [-0.1, -0.05) is 112 Å². The van der Waals surface area contributed by atoms with E-state index >= 15 is 0 Å². The Morgan fingerprint density at radius 1 is 0.977 bits per heavy atom. The van der Waals surface area contributed by atoms with Crippen molar-refractivity contribution >= 4 is 19.4 Å². The fraction of sp³-hybridized carbons (Fsp3) is 0.811. The van der Waals surface area contributed by atoms with Crippen LogP contribution in [0, 0.1) is 47.9 Å². The summed E-state index contributed by atoms with van der Waals surface area (Å²) in [6, 6.07) is -0.0376. The Morgan fingerprint density at radius 3 is 1.86 bits per heavy atom. The van der Waals surface area contributed by atoms with E-state index in [-0.39, 0.29) is 12.1 Å². The zero-order valence-corrected chi connectivity index (χ0v) is 30.0. The third-order valence-corrected chi connectivity index (χ3v) is 8.02. The van der Waals surface area contributed by atoms with Gasteiger partial charge in [-0.15, -0.1) is 24.7 Å². The van der Waals surface area contributed by atoms with Gasteiger partial charge in [0.05, 0.1) is 18.2 Å². The third kappa shape index (κ3) is 30.4. The van der Waals surface area contributed by atoms with Gasteiger partial charge in [0.15, 0.2) is 0 Å². The van der Waals surface area contributed by atoms with E-state index in [1.807, 2.05) is 6.79 Å². The number of aliphatic hydroxyl groups excluding tert-OH is 2. The van der Waals surface area contributed by atoms with Gasteiger partial charge in [-0.2, -0.15) is 12.6 Å². The maximum atomic E-state index is 10.7.